The molecule has 0 bridgehead atoms. The number of benzene rings is 1. The Morgan fingerprint density at radius 3 is 2.96 bits per heavy atom. The van der Waals surface area contributed by atoms with Gasteiger partial charge in [0.15, 0.2) is 5.96 Å². The van der Waals surface area contributed by atoms with E-state index in [1.54, 1.807) is 25.4 Å². The highest BCUT2D eigenvalue weighted by molar-refractivity contribution is 14.0. The van der Waals surface area contributed by atoms with Crippen molar-refractivity contribution in [3.8, 4) is 5.88 Å². The average molecular weight is 486 g/mol. The number of hydrogen-bond acceptors (Lipinski definition) is 4. The van der Waals surface area contributed by atoms with Gasteiger partial charge in [-0.2, -0.15) is 0 Å². The fraction of sp³-hybridized carbons (Fsp3) is 0.368. The second-order valence-electron chi connectivity index (χ2n) is 6.14. The molecule has 0 amide bonds. The molecule has 2 aromatic rings. The van der Waals surface area contributed by atoms with E-state index in [0.717, 1.165) is 13.0 Å². The Hall–Kier alpha value is -1.94. The van der Waals surface area contributed by atoms with E-state index >= 15 is 0 Å². The topological polar surface area (TPSA) is 70.0 Å². The molecule has 8 heteroatoms. The van der Waals surface area contributed by atoms with Gasteiger partial charge < -0.3 is 20.1 Å². The summed E-state index contributed by atoms with van der Waals surface area (Å²) in [5, 5.41) is 13.4. The number of pyridine rings is 1. The van der Waals surface area contributed by atoms with Gasteiger partial charge >= 0.3 is 0 Å². The lowest BCUT2D eigenvalue weighted by Crippen LogP contribution is -2.42. The molecule has 146 valence electrons. The van der Waals surface area contributed by atoms with Crippen molar-refractivity contribution in [3.63, 3.8) is 0 Å². The number of aliphatic imine (C=N–C) groups is 1. The first-order valence-corrected chi connectivity index (χ1v) is 8.62. The number of aliphatic hydroxyl groups is 1. The first kappa shape index (κ1) is 21.4. The summed E-state index contributed by atoms with van der Waals surface area (Å²) in [6.07, 6.45) is 1.79. The van der Waals surface area contributed by atoms with Crippen LogP contribution in [0.15, 0.2) is 53.7 Å². The van der Waals surface area contributed by atoms with Crippen molar-refractivity contribution < 1.29 is 14.2 Å². The SMILES string of the molecule is CN=C(NCC(O)c1cccc(F)c1)N1CCC(Oc2ccccn2)C1.I. The lowest BCUT2D eigenvalue weighted by Gasteiger charge is -2.23. The Morgan fingerprint density at radius 2 is 2.26 bits per heavy atom. The standard InChI is InChI=1S/C19H23FN4O2.HI/c1-21-19(23-12-17(25)14-5-4-6-15(20)11-14)24-10-8-16(13-24)26-18-7-2-3-9-22-18;/h2-7,9,11,16-17,25H,8,10,12-13H2,1H3,(H,21,23);1H. The number of nitrogens with zero attached hydrogens (tertiary/aromatic N) is 3. The Morgan fingerprint density at radius 1 is 1.41 bits per heavy atom. The largest absolute Gasteiger partial charge is 0.472 e. The van der Waals surface area contributed by atoms with Crippen LogP contribution in [0.4, 0.5) is 4.39 Å². The van der Waals surface area contributed by atoms with Gasteiger partial charge in [-0.05, 0) is 23.8 Å². The molecule has 3 rings (SSSR count). The van der Waals surface area contributed by atoms with Crippen molar-refractivity contribution in [2.45, 2.75) is 18.6 Å². The van der Waals surface area contributed by atoms with Crippen LogP contribution in [0, 0.1) is 5.82 Å². The number of guanidine groups is 1. The number of ether oxygens (including phenoxy) is 1. The van der Waals surface area contributed by atoms with Gasteiger partial charge in [-0.15, -0.1) is 24.0 Å². The zero-order chi connectivity index (χ0) is 18.4. The molecular formula is C19H24FIN4O2. The van der Waals surface area contributed by atoms with Crippen LogP contribution >= 0.6 is 24.0 Å². The molecule has 1 aromatic heterocycles. The summed E-state index contributed by atoms with van der Waals surface area (Å²) < 4.78 is 19.2. The van der Waals surface area contributed by atoms with Crippen LogP contribution in [0.25, 0.3) is 0 Å². The Bertz CT molecular complexity index is 747. The van der Waals surface area contributed by atoms with Crippen LogP contribution in [0.1, 0.15) is 18.1 Å². The molecule has 27 heavy (non-hydrogen) atoms. The molecule has 1 saturated heterocycles. The second-order valence-corrected chi connectivity index (χ2v) is 6.14. The average Bonchev–Trinajstić information content (AvgIpc) is 3.11. The number of aliphatic hydroxyl groups excluding tert-OH is 1. The molecular weight excluding hydrogens is 462 g/mol. The summed E-state index contributed by atoms with van der Waals surface area (Å²) >= 11 is 0. The molecule has 2 N–H and O–H groups in total. The summed E-state index contributed by atoms with van der Waals surface area (Å²) in [6.45, 7) is 1.73. The Kier molecular flexibility index (Phi) is 8.23. The predicted molar refractivity (Wildman–Crippen MR) is 113 cm³/mol. The molecule has 1 fully saturated rings. The third kappa shape index (κ3) is 6.03. The van der Waals surface area contributed by atoms with Crippen molar-refractivity contribution in [1.82, 2.24) is 15.2 Å². The highest BCUT2D eigenvalue weighted by Gasteiger charge is 2.26. The molecule has 1 aliphatic rings. The maximum Gasteiger partial charge on any atom is 0.213 e. The van der Waals surface area contributed by atoms with Crippen molar-refractivity contribution in [1.29, 1.82) is 0 Å². The van der Waals surface area contributed by atoms with E-state index < -0.39 is 6.10 Å². The Balaban J connectivity index is 0.00000261. The first-order chi connectivity index (χ1) is 12.7. The minimum Gasteiger partial charge on any atom is -0.472 e. The van der Waals surface area contributed by atoms with Gasteiger partial charge in [-0.3, -0.25) is 4.99 Å². The minimum absolute atomic E-state index is 0. The summed E-state index contributed by atoms with van der Waals surface area (Å²) in [4.78, 5) is 10.5. The molecule has 0 spiro atoms. The highest BCUT2D eigenvalue weighted by Crippen LogP contribution is 2.17. The third-order valence-corrected chi connectivity index (χ3v) is 4.27. The zero-order valence-corrected chi connectivity index (χ0v) is 17.4. The fourth-order valence-electron chi connectivity index (χ4n) is 2.96. The summed E-state index contributed by atoms with van der Waals surface area (Å²) in [5.74, 6) is 0.941. The molecule has 0 radical (unpaired) electrons. The molecule has 1 aliphatic heterocycles. The first-order valence-electron chi connectivity index (χ1n) is 8.62. The number of halogens is 2. The van der Waals surface area contributed by atoms with Gasteiger partial charge in [0.1, 0.15) is 11.9 Å². The van der Waals surface area contributed by atoms with Crippen LogP contribution < -0.4 is 10.1 Å². The van der Waals surface area contributed by atoms with E-state index in [1.165, 1.54) is 12.1 Å². The molecule has 0 saturated carbocycles. The van der Waals surface area contributed by atoms with E-state index in [-0.39, 0.29) is 42.4 Å². The maximum absolute atomic E-state index is 13.3. The molecule has 0 aliphatic carbocycles. The van der Waals surface area contributed by atoms with Gasteiger partial charge in [0.25, 0.3) is 0 Å². The minimum atomic E-state index is -0.814. The quantitative estimate of drug-likeness (QED) is 0.387. The summed E-state index contributed by atoms with van der Waals surface area (Å²) in [6, 6.07) is 11.6. The smallest absolute Gasteiger partial charge is 0.213 e. The monoisotopic (exact) mass is 486 g/mol. The van der Waals surface area contributed by atoms with E-state index in [4.69, 9.17) is 4.74 Å². The van der Waals surface area contributed by atoms with Crippen molar-refractivity contribution >= 4 is 29.9 Å². The van der Waals surface area contributed by atoms with Crippen LogP contribution in [0.5, 0.6) is 5.88 Å². The number of nitrogens with one attached hydrogen (secondary N) is 1. The molecule has 6 nitrogen and oxygen atoms in total. The Labute approximate surface area is 175 Å². The van der Waals surface area contributed by atoms with E-state index in [0.29, 0.717) is 23.9 Å². The molecule has 2 atom stereocenters. The normalized spacial score (nSPS) is 18.0. The fourth-order valence-corrected chi connectivity index (χ4v) is 2.96. The van der Waals surface area contributed by atoms with E-state index in [9.17, 15) is 9.50 Å². The van der Waals surface area contributed by atoms with Crippen LogP contribution in [-0.4, -0.2) is 53.7 Å². The predicted octanol–water partition coefficient (Wildman–Crippen LogP) is 2.60. The van der Waals surface area contributed by atoms with E-state index in [2.05, 4.69) is 20.2 Å². The van der Waals surface area contributed by atoms with Gasteiger partial charge in [0, 0.05) is 38.8 Å². The van der Waals surface area contributed by atoms with Gasteiger partial charge in [-0.1, -0.05) is 18.2 Å². The zero-order valence-electron chi connectivity index (χ0n) is 15.1. The van der Waals surface area contributed by atoms with Gasteiger partial charge in [0.2, 0.25) is 5.88 Å². The molecule has 2 heterocycles. The summed E-state index contributed by atoms with van der Waals surface area (Å²) in [5.41, 5.74) is 0.533. The summed E-state index contributed by atoms with van der Waals surface area (Å²) in [7, 11) is 1.70. The maximum atomic E-state index is 13.3. The number of aromatic nitrogens is 1. The van der Waals surface area contributed by atoms with Crippen LogP contribution in [-0.2, 0) is 0 Å². The van der Waals surface area contributed by atoms with Crippen LogP contribution in [0.3, 0.4) is 0 Å². The van der Waals surface area contributed by atoms with Gasteiger partial charge in [-0.25, -0.2) is 9.37 Å². The molecule has 2 unspecified atom stereocenters. The van der Waals surface area contributed by atoms with Crippen molar-refractivity contribution in [2.75, 3.05) is 26.7 Å². The van der Waals surface area contributed by atoms with Crippen molar-refractivity contribution in [2.24, 2.45) is 4.99 Å². The van der Waals surface area contributed by atoms with Crippen LogP contribution in [0.2, 0.25) is 0 Å². The number of likely N-dealkylation sites (tertiary alicyclic amines) is 1. The second kappa shape index (κ2) is 10.4. The number of hydrogen-bond donors (Lipinski definition) is 2. The lowest BCUT2D eigenvalue weighted by molar-refractivity contribution is 0.178. The lowest BCUT2D eigenvalue weighted by atomic mass is 10.1. The number of rotatable bonds is 5. The van der Waals surface area contributed by atoms with E-state index in [1.807, 2.05) is 18.2 Å². The highest BCUT2D eigenvalue weighted by atomic mass is 127. The van der Waals surface area contributed by atoms with Crippen molar-refractivity contribution in [3.05, 3.63) is 60.0 Å². The molecule has 1 aromatic carbocycles. The third-order valence-electron chi connectivity index (χ3n) is 4.27. The van der Waals surface area contributed by atoms with Gasteiger partial charge in [0.05, 0.1) is 12.6 Å².